The van der Waals surface area contributed by atoms with E-state index in [1.54, 1.807) is 0 Å². The Bertz CT molecular complexity index is 31.3. The summed E-state index contributed by atoms with van der Waals surface area (Å²) in [6.07, 6.45) is 0. The van der Waals surface area contributed by atoms with Crippen LogP contribution in [0.5, 0.6) is 0 Å². The van der Waals surface area contributed by atoms with Gasteiger partial charge in [0.15, 0.2) is 17.4 Å². The summed E-state index contributed by atoms with van der Waals surface area (Å²) in [6.45, 7) is 0. The second-order valence-corrected chi connectivity index (χ2v) is 0. The van der Waals surface area contributed by atoms with E-state index in [2.05, 4.69) is 0 Å². The Morgan fingerprint density at radius 1 is 0.727 bits per heavy atom. The molecule has 86 valence electrons. The van der Waals surface area contributed by atoms with Gasteiger partial charge in [-0.05, 0) is 11.0 Å². The molecule has 6 radical (unpaired) electrons. The van der Waals surface area contributed by atoms with Crippen molar-refractivity contribution >= 4 is 36.7 Å². The van der Waals surface area contributed by atoms with Crippen molar-refractivity contribution in [3.8, 4) is 0 Å². The molecule has 11 heteroatoms. The first-order chi connectivity index (χ1) is 0. The second-order valence-electron chi connectivity index (χ2n) is 0. The van der Waals surface area contributed by atoms with E-state index in [9.17, 15) is 0 Å². The zero-order valence-electron chi connectivity index (χ0n) is 3.58. The second kappa shape index (κ2) is 117. The van der Waals surface area contributed by atoms with E-state index >= 15 is 0 Å². The van der Waals surface area contributed by atoms with Gasteiger partial charge < -0.3 is 0 Å². The standard InChI is InChI=1S/Al.B.Cr.3Cu.Fe.2Ni.H4Si.Zn.3H/h;;;;;;;;;1H4;;;;. The van der Waals surface area contributed by atoms with Crippen molar-refractivity contribution < 1.29 is 138 Å². The third-order valence-corrected chi connectivity index (χ3v) is 0. The molecule has 0 saturated carbocycles. The van der Waals surface area contributed by atoms with E-state index in [0.29, 0.717) is 0 Å². The first-order valence-electron chi connectivity index (χ1n) is 0. The van der Waals surface area contributed by atoms with Crippen LogP contribution in [0.3, 0.4) is 0 Å². The van der Waals surface area contributed by atoms with Crippen molar-refractivity contribution in [2.24, 2.45) is 0 Å². The van der Waals surface area contributed by atoms with Crippen LogP contribution in [0.4, 0.5) is 0 Å². The van der Waals surface area contributed by atoms with Crippen LogP contribution in [-0.4, -0.2) is 36.7 Å². The van der Waals surface area contributed by atoms with Crippen LogP contribution in [-0.2, 0) is 138 Å². The molecule has 0 aromatic carbocycles. The molecule has 0 saturated heterocycles. The molecule has 0 fully saturated rings. The number of hydrogen-bond acceptors (Lipinski definition) is 0. The molecule has 0 aromatic rings. The maximum atomic E-state index is 0. The van der Waals surface area contributed by atoms with E-state index < -0.39 is 0 Å². The normalized spacial score (nSPS) is 0. The molecule has 0 rings (SSSR count). The van der Waals surface area contributed by atoms with E-state index in [1.165, 1.54) is 0 Å². The molecule has 0 bridgehead atoms. The molecule has 0 nitrogen and oxygen atoms in total. The van der Waals surface area contributed by atoms with E-state index in [0.717, 1.165) is 0 Å². The van der Waals surface area contributed by atoms with Gasteiger partial charge in [0, 0.05) is 147 Å². The van der Waals surface area contributed by atoms with Gasteiger partial charge in [0.25, 0.3) is 0 Å². The Morgan fingerprint density at radius 2 is 0.727 bits per heavy atom. The molecule has 0 aromatic heterocycles. The minimum atomic E-state index is 0. The van der Waals surface area contributed by atoms with Gasteiger partial charge in [-0.1, -0.05) is 0 Å². The smallest absolute Gasteiger partial charge is 0.0149 e. The van der Waals surface area contributed by atoms with Crippen molar-refractivity contribution in [2.45, 2.75) is 0 Å². The van der Waals surface area contributed by atoms with E-state index in [1.807, 2.05) is 0 Å². The molecule has 0 unspecified atom stereocenters. The SMILES string of the molecule is [AlH3].[B].[Cr].[Cu].[Cu].[Cu].[Fe].[Ni].[Ni].[SiH4].[Zn]. The molecule has 0 heterocycles. The Kier molecular flexibility index (Phi) is 1520. The fourth-order valence-corrected chi connectivity index (χ4v) is 0. The topological polar surface area (TPSA) is 0 Å². The maximum Gasteiger partial charge on any atom is 0.187 e. The Balaban J connectivity index is 0. The van der Waals surface area contributed by atoms with Gasteiger partial charge in [0.2, 0.25) is 0 Å². The summed E-state index contributed by atoms with van der Waals surface area (Å²) in [5.74, 6) is 0. The molecule has 0 aliphatic rings. The van der Waals surface area contributed by atoms with Gasteiger partial charge in [-0.15, -0.1) is 0 Å². The van der Waals surface area contributed by atoms with Gasteiger partial charge in [0.1, 0.15) is 0 Å². The minimum absolute atomic E-state index is 0. The molecule has 0 atom stereocenters. The van der Waals surface area contributed by atoms with Crippen LogP contribution in [0.2, 0.25) is 0 Å². The van der Waals surface area contributed by atoms with Crippen LogP contribution >= 0.6 is 0 Å². The third-order valence-electron chi connectivity index (χ3n) is 0. The summed E-state index contributed by atoms with van der Waals surface area (Å²) in [5, 5.41) is 0. The van der Waals surface area contributed by atoms with Crippen LogP contribution in [0.1, 0.15) is 0 Å². The van der Waals surface area contributed by atoms with Crippen LogP contribution in [0.25, 0.3) is 0 Å². The van der Waals surface area contributed by atoms with Crippen molar-refractivity contribution in [3.63, 3.8) is 0 Å². The van der Waals surface area contributed by atoms with Crippen molar-refractivity contribution in [2.75, 3.05) is 0 Å². The van der Waals surface area contributed by atoms with Crippen LogP contribution < -0.4 is 0 Å². The number of rotatable bonds is 0. The molecule has 0 N–H and O–H groups in total. The first-order valence-corrected chi connectivity index (χ1v) is 0. The quantitative estimate of drug-likeness (QED) is 0.280. The van der Waals surface area contributed by atoms with Crippen molar-refractivity contribution in [3.05, 3.63) is 0 Å². The molecule has 11 heavy (non-hydrogen) atoms. The van der Waals surface area contributed by atoms with Gasteiger partial charge in [-0.2, -0.15) is 0 Å². The summed E-state index contributed by atoms with van der Waals surface area (Å²) < 4.78 is 0. The monoisotopic (exact) mass is 549 g/mol. The maximum absolute atomic E-state index is 0. The fraction of sp³-hybridized carbons (Fsp3) is 0. The van der Waals surface area contributed by atoms with Gasteiger partial charge in [-0.25, -0.2) is 0 Å². The van der Waals surface area contributed by atoms with Crippen molar-refractivity contribution in [1.29, 1.82) is 0 Å². The summed E-state index contributed by atoms with van der Waals surface area (Å²) >= 11 is 0. The summed E-state index contributed by atoms with van der Waals surface area (Å²) in [6, 6.07) is 0. The van der Waals surface area contributed by atoms with E-state index in [-0.39, 0.29) is 175 Å². The summed E-state index contributed by atoms with van der Waals surface area (Å²) in [7, 11) is 0. The Hall–Kier alpha value is 5.04. The Morgan fingerprint density at radius 3 is 0.727 bits per heavy atom. The molecular weight excluding hydrogens is 547 g/mol. The first kappa shape index (κ1) is 143. The van der Waals surface area contributed by atoms with Gasteiger partial charge in [0.05, 0.1) is 0 Å². The predicted octanol–water partition coefficient (Wildman–Crippen LogP) is -3.04. The van der Waals surface area contributed by atoms with Crippen LogP contribution in [0, 0.1) is 0 Å². The molecule has 0 aliphatic carbocycles. The number of hydrogen-bond donors (Lipinski definition) is 0. The molecule has 0 aliphatic heterocycles. The summed E-state index contributed by atoms with van der Waals surface area (Å²) in [4.78, 5) is 0. The fourth-order valence-electron chi connectivity index (χ4n) is 0. The van der Waals surface area contributed by atoms with E-state index in [4.69, 9.17) is 0 Å². The minimum Gasteiger partial charge on any atom is -0.0149 e. The van der Waals surface area contributed by atoms with Gasteiger partial charge in [-0.3, -0.25) is 0 Å². The largest absolute Gasteiger partial charge is 0.187 e. The van der Waals surface area contributed by atoms with Crippen LogP contribution in [0.15, 0.2) is 0 Å². The zero-order chi connectivity index (χ0) is 0. The van der Waals surface area contributed by atoms with Crippen molar-refractivity contribution in [1.82, 2.24) is 0 Å². The van der Waals surface area contributed by atoms with Gasteiger partial charge >= 0.3 is 0 Å². The summed E-state index contributed by atoms with van der Waals surface area (Å²) in [5.41, 5.74) is 0. The Labute approximate surface area is 172 Å². The zero-order valence-corrected chi connectivity index (χ0v) is 13.7. The molecular formula is H7AlBCrCu3FeNi2SiZn. The predicted molar refractivity (Wildman–Crippen MR) is 27.0 cm³/mol. The average molecular weight is 554 g/mol. The third kappa shape index (κ3) is 101. The molecule has 0 spiro atoms. The molecule has 0 amide bonds. The average Bonchev–Trinajstić information content (AvgIpc) is 0.